The van der Waals surface area contributed by atoms with Crippen molar-refractivity contribution in [3.05, 3.63) is 0 Å². The summed E-state index contributed by atoms with van der Waals surface area (Å²) in [7, 11) is 2.32. The van der Waals surface area contributed by atoms with Crippen LogP contribution in [-0.2, 0) is 0 Å². The Morgan fingerprint density at radius 1 is 1.24 bits per heavy atom. The van der Waals surface area contributed by atoms with E-state index in [-0.39, 0.29) is 0 Å². The molecule has 0 amide bonds. The Morgan fingerprint density at radius 3 is 2.53 bits per heavy atom. The quantitative estimate of drug-likeness (QED) is 0.798. The molecule has 0 aromatic carbocycles. The summed E-state index contributed by atoms with van der Waals surface area (Å²) in [6.45, 7) is 4.57. The number of hydrogen-bond acceptors (Lipinski definition) is 2. The molecule has 2 saturated carbocycles. The zero-order chi connectivity index (χ0) is 12.3. The highest BCUT2D eigenvalue weighted by Crippen LogP contribution is 2.43. The Morgan fingerprint density at radius 2 is 2.00 bits per heavy atom. The van der Waals surface area contributed by atoms with E-state index in [0.717, 1.165) is 18.5 Å². The molecular weight excluding hydrogens is 208 g/mol. The zero-order valence-corrected chi connectivity index (χ0v) is 11.8. The molecule has 2 atom stereocenters. The van der Waals surface area contributed by atoms with Crippen molar-refractivity contribution in [2.75, 3.05) is 20.1 Å². The van der Waals surface area contributed by atoms with E-state index in [1.807, 2.05) is 0 Å². The first-order valence-electron chi connectivity index (χ1n) is 7.55. The molecule has 2 unspecified atom stereocenters. The maximum absolute atomic E-state index is 5.94. The fraction of sp³-hybridized carbons (Fsp3) is 1.00. The summed E-state index contributed by atoms with van der Waals surface area (Å²) >= 11 is 0. The first-order valence-corrected chi connectivity index (χ1v) is 7.55. The minimum Gasteiger partial charge on any atom is -0.330 e. The first-order chi connectivity index (χ1) is 8.15. The van der Waals surface area contributed by atoms with Crippen LogP contribution in [0.3, 0.4) is 0 Å². The third kappa shape index (κ3) is 3.23. The average molecular weight is 238 g/mol. The maximum Gasteiger partial charge on any atom is 0.00947 e. The summed E-state index contributed by atoms with van der Waals surface area (Å²) in [5.74, 6) is 0.934. The molecule has 2 nitrogen and oxygen atoms in total. The van der Waals surface area contributed by atoms with E-state index in [4.69, 9.17) is 5.73 Å². The molecular formula is C15H30N2. The summed E-state index contributed by atoms with van der Waals surface area (Å²) in [5.41, 5.74) is 6.46. The van der Waals surface area contributed by atoms with Crippen molar-refractivity contribution in [3.63, 3.8) is 0 Å². The fourth-order valence-electron chi connectivity index (χ4n) is 3.63. The van der Waals surface area contributed by atoms with Gasteiger partial charge in [0.15, 0.2) is 0 Å². The van der Waals surface area contributed by atoms with Crippen LogP contribution in [0.1, 0.15) is 58.3 Å². The van der Waals surface area contributed by atoms with Gasteiger partial charge in [-0.3, -0.25) is 0 Å². The monoisotopic (exact) mass is 238 g/mol. The SMILES string of the molecule is CC1CCCC(N(C)CCC2(CN)CCC2)C1. The molecule has 0 radical (unpaired) electrons. The van der Waals surface area contributed by atoms with Crippen LogP contribution < -0.4 is 5.73 Å². The van der Waals surface area contributed by atoms with Gasteiger partial charge in [-0.25, -0.2) is 0 Å². The molecule has 17 heavy (non-hydrogen) atoms. The molecule has 0 heterocycles. The molecule has 0 spiro atoms. The van der Waals surface area contributed by atoms with E-state index in [1.54, 1.807) is 0 Å². The van der Waals surface area contributed by atoms with Crippen LogP contribution in [0, 0.1) is 11.3 Å². The highest BCUT2D eigenvalue weighted by Gasteiger charge is 2.35. The van der Waals surface area contributed by atoms with Crippen molar-refractivity contribution in [1.29, 1.82) is 0 Å². The second-order valence-electron chi connectivity index (χ2n) is 6.71. The number of nitrogens with two attached hydrogens (primary N) is 1. The van der Waals surface area contributed by atoms with E-state index < -0.39 is 0 Å². The lowest BCUT2D eigenvalue weighted by molar-refractivity contribution is 0.0885. The van der Waals surface area contributed by atoms with Crippen molar-refractivity contribution in [2.45, 2.75) is 64.3 Å². The van der Waals surface area contributed by atoms with E-state index in [0.29, 0.717) is 5.41 Å². The van der Waals surface area contributed by atoms with Crippen LogP contribution >= 0.6 is 0 Å². The lowest BCUT2D eigenvalue weighted by Crippen LogP contribution is -2.42. The number of nitrogens with zero attached hydrogens (tertiary/aromatic N) is 1. The Hall–Kier alpha value is -0.0800. The lowest BCUT2D eigenvalue weighted by atomic mass is 9.66. The van der Waals surface area contributed by atoms with Gasteiger partial charge in [0, 0.05) is 6.04 Å². The molecule has 2 fully saturated rings. The van der Waals surface area contributed by atoms with Gasteiger partial charge >= 0.3 is 0 Å². The predicted molar refractivity (Wildman–Crippen MR) is 74.0 cm³/mol. The van der Waals surface area contributed by atoms with Gasteiger partial charge in [-0.15, -0.1) is 0 Å². The predicted octanol–water partition coefficient (Wildman–Crippen LogP) is 3.02. The van der Waals surface area contributed by atoms with Crippen LogP contribution in [0.15, 0.2) is 0 Å². The Labute approximate surface area is 107 Å². The van der Waals surface area contributed by atoms with Gasteiger partial charge in [-0.1, -0.05) is 26.2 Å². The van der Waals surface area contributed by atoms with E-state index in [1.165, 1.54) is 57.9 Å². The third-order valence-electron chi connectivity index (χ3n) is 5.37. The number of hydrogen-bond donors (Lipinski definition) is 1. The first kappa shape index (κ1) is 13.4. The molecule has 0 aromatic heterocycles. The molecule has 2 rings (SSSR count). The van der Waals surface area contributed by atoms with Crippen molar-refractivity contribution in [1.82, 2.24) is 4.90 Å². The smallest absolute Gasteiger partial charge is 0.00947 e. The minimum absolute atomic E-state index is 0.522. The van der Waals surface area contributed by atoms with Gasteiger partial charge in [0.1, 0.15) is 0 Å². The second kappa shape index (κ2) is 5.71. The largest absolute Gasteiger partial charge is 0.330 e. The minimum atomic E-state index is 0.522. The standard InChI is InChI=1S/C15H30N2/c1-13-5-3-6-14(11-13)17(2)10-9-15(12-16)7-4-8-15/h13-14H,3-12,16H2,1-2H3. The van der Waals surface area contributed by atoms with Crippen LogP contribution in [0.4, 0.5) is 0 Å². The Kier molecular flexibility index (Phi) is 4.48. The molecule has 0 saturated heterocycles. The molecule has 2 heteroatoms. The maximum atomic E-state index is 5.94. The van der Waals surface area contributed by atoms with E-state index in [9.17, 15) is 0 Å². The Bertz CT molecular complexity index is 230. The summed E-state index contributed by atoms with van der Waals surface area (Å²) < 4.78 is 0. The zero-order valence-electron chi connectivity index (χ0n) is 11.8. The summed E-state index contributed by atoms with van der Waals surface area (Å²) in [4.78, 5) is 2.62. The second-order valence-corrected chi connectivity index (χ2v) is 6.71. The summed E-state index contributed by atoms with van der Waals surface area (Å²) in [5, 5.41) is 0. The Balaban J connectivity index is 1.74. The van der Waals surface area contributed by atoms with Crippen molar-refractivity contribution >= 4 is 0 Å². The summed E-state index contributed by atoms with van der Waals surface area (Å²) in [6.07, 6.45) is 11.2. The molecule has 2 aliphatic carbocycles. The lowest BCUT2D eigenvalue weighted by Gasteiger charge is -2.43. The van der Waals surface area contributed by atoms with E-state index >= 15 is 0 Å². The molecule has 0 aromatic rings. The highest BCUT2D eigenvalue weighted by atomic mass is 15.1. The van der Waals surface area contributed by atoms with Gasteiger partial charge in [0.25, 0.3) is 0 Å². The van der Waals surface area contributed by atoms with Gasteiger partial charge in [-0.05, 0) is 63.6 Å². The van der Waals surface area contributed by atoms with Crippen molar-refractivity contribution in [2.24, 2.45) is 17.1 Å². The van der Waals surface area contributed by atoms with Crippen molar-refractivity contribution < 1.29 is 0 Å². The summed E-state index contributed by atoms with van der Waals surface area (Å²) in [6, 6.07) is 0.841. The fourth-order valence-corrected chi connectivity index (χ4v) is 3.63. The topological polar surface area (TPSA) is 29.3 Å². The number of rotatable bonds is 5. The van der Waals surface area contributed by atoms with Gasteiger partial charge in [0.2, 0.25) is 0 Å². The molecule has 100 valence electrons. The van der Waals surface area contributed by atoms with Crippen LogP contribution in [-0.4, -0.2) is 31.1 Å². The normalized spacial score (nSPS) is 32.5. The van der Waals surface area contributed by atoms with Crippen LogP contribution in [0.2, 0.25) is 0 Å². The van der Waals surface area contributed by atoms with Gasteiger partial charge in [-0.2, -0.15) is 0 Å². The molecule has 2 aliphatic rings. The van der Waals surface area contributed by atoms with Gasteiger partial charge < -0.3 is 10.6 Å². The molecule has 2 N–H and O–H groups in total. The average Bonchev–Trinajstić information content (AvgIpc) is 2.28. The van der Waals surface area contributed by atoms with Gasteiger partial charge in [0.05, 0.1) is 0 Å². The van der Waals surface area contributed by atoms with Crippen LogP contribution in [0.5, 0.6) is 0 Å². The molecule has 0 aliphatic heterocycles. The van der Waals surface area contributed by atoms with Crippen LogP contribution in [0.25, 0.3) is 0 Å². The third-order valence-corrected chi connectivity index (χ3v) is 5.37. The highest BCUT2D eigenvalue weighted by molar-refractivity contribution is 4.89. The molecule has 0 bridgehead atoms. The van der Waals surface area contributed by atoms with Crippen molar-refractivity contribution in [3.8, 4) is 0 Å². The van der Waals surface area contributed by atoms with E-state index in [2.05, 4.69) is 18.9 Å².